The van der Waals surface area contributed by atoms with Gasteiger partial charge in [0.05, 0.1) is 22.1 Å². The second kappa shape index (κ2) is 4.97. The van der Waals surface area contributed by atoms with Crippen LogP contribution < -0.4 is 10.6 Å². The number of nitrogens with zero attached hydrogens (tertiary/aromatic N) is 2. The van der Waals surface area contributed by atoms with Gasteiger partial charge in [-0.25, -0.2) is 0 Å². The van der Waals surface area contributed by atoms with Gasteiger partial charge in [0.2, 0.25) is 5.91 Å². The second-order valence-corrected chi connectivity index (χ2v) is 4.92. The van der Waals surface area contributed by atoms with Crippen LogP contribution in [0, 0.1) is 16.0 Å². The maximum Gasteiger partial charge on any atom is 0.274 e. The fourth-order valence-electron chi connectivity index (χ4n) is 2.29. The highest BCUT2D eigenvalue weighted by Gasteiger charge is 2.33. The molecule has 102 valence electrons. The van der Waals surface area contributed by atoms with Crippen LogP contribution in [0.1, 0.15) is 19.4 Å². The van der Waals surface area contributed by atoms with Crippen molar-refractivity contribution in [2.75, 3.05) is 11.4 Å². The van der Waals surface area contributed by atoms with Crippen molar-refractivity contribution in [2.45, 2.75) is 26.3 Å². The fourth-order valence-corrected chi connectivity index (χ4v) is 2.29. The lowest BCUT2D eigenvalue weighted by Gasteiger charge is -2.23. The smallest absolute Gasteiger partial charge is 0.274 e. The third-order valence-corrected chi connectivity index (χ3v) is 3.64. The fraction of sp³-hybridized carbons (Fsp3) is 0.462. The van der Waals surface area contributed by atoms with Crippen LogP contribution in [0.15, 0.2) is 18.2 Å². The molecule has 6 heteroatoms. The number of hydrogen-bond donors (Lipinski definition) is 1. The molecule has 1 aromatic carbocycles. The van der Waals surface area contributed by atoms with Gasteiger partial charge in [0, 0.05) is 18.7 Å². The molecule has 0 spiro atoms. The molecule has 0 saturated carbocycles. The number of nitro benzene ring substituents is 1. The Labute approximate surface area is 111 Å². The molecule has 0 aliphatic carbocycles. The van der Waals surface area contributed by atoms with Gasteiger partial charge in [-0.1, -0.05) is 13.0 Å². The Kier molecular flexibility index (Phi) is 3.53. The molecule has 1 aromatic rings. The number of nitro groups is 1. The lowest BCUT2D eigenvalue weighted by Crippen LogP contribution is -2.41. The molecule has 6 nitrogen and oxygen atoms in total. The number of amides is 1. The minimum Gasteiger partial charge on any atom is -0.327 e. The first-order chi connectivity index (χ1) is 8.93. The zero-order valence-corrected chi connectivity index (χ0v) is 11.0. The third-order valence-electron chi connectivity index (χ3n) is 3.64. The minimum absolute atomic E-state index is 0.0748. The molecule has 2 rings (SSSR count). The van der Waals surface area contributed by atoms with Gasteiger partial charge in [-0.2, -0.15) is 0 Å². The van der Waals surface area contributed by atoms with E-state index < -0.39 is 4.92 Å². The summed E-state index contributed by atoms with van der Waals surface area (Å²) in [5.74, 6) is -0.375. The Morgan fingerprint density at radius 1 is 1.47 bits per heavy atom. The largest absolute Gasteiger partial charge is 0.327 e. The van der Waals surface area contributed by atoms with Gasteiger partial charge in [-0.15, -0.1) is 0 Å². The molecule has 1 aliphatic rings. The summed E-state index contributed by atoms with van der Waals surface area (Å²) in [7, 11) is 0. The molecule has 2 atom stereocenters. The molecule has 1 amide bonds. The Morgan fingerprint density at radius 3 is 2.74 bits per heavy atom. The predicted molar refractivity (Wildman–Crippen MR) is 72.0 cm³/mol. The van der Waals surface area contributed by atoms with E-state index >= 15 is 0 Å². The predicted octanol–water partition coefficient (Wildman–Crippen LogP) is 1.47. The molecule has 0 fully saturated rings. The summed E-state index contributed by atoms with van der Waals surface area (Å²) in [5, 5.41) is 11.0. The Balaban J connectivity index is 2.35. The van der Waals surface area contributed by atoms with Gasteiger partial charge in [-0.3, -0.25) is 14.9 Å². The van der Waals surface area contributed by atoms with Crippen LogP contribution in [0.2, 0.25) is 0 Å². The van der Waals surface area contributed by atoms with E-state index in [1.807, 2.05) is 0 Å². The minimum atomic E-state index is -0.401. The second-order valence-electron chi connectivity index (χ2n) is 4.92. The van der Waals surface area contributed by atoms with E-state index in [1.165, 1.54) is 6.07 Å². The normalized spacial score (nSPS) is 16.9. The van der Waals surface area contributed by atoms with E-state index in [4.69, 9.17) is 5.73 Å². The van der Waals surface area contributed by atoms with Crippen LogP contribution in [-0.2, 0) is 11.2 Å². The first-order valence-electron chi connectivity index (χ1n) is 6.26. The van der Waals surface area contributed by atoms with E-state index in [-0.39, 0.29) is 23.6 Å². The van der Waals surface area contributed by atoms with Crippen molar-refractivity contribution < 1.29 is 9.72 Å². The van der Waals surface area contributed by atoms with Crippen molar-refractivity contribution in [3.05, 3.63) is 33.9 Å². The monoisotopic (exact) mass is 263 g/mol. The number of fused-ring (bicyclic) bond motifs is 1. The molecule has 0 radical (unpaired) electrons. The topological polar surface area (TPSA) is 89.5 Å². The molecule has 1 aliphatic heterocycles. The first kappa shape index (κ1) is 13.5. The summed E-state index contributed by atoms with van der Waals surface area (Å²) in [5.41, 5.74) is 7.11. The van der Waals surface area contributed by atoms with Gasteiger partial charge < -0.3 is 10.6 Å². The quantitative estimate of drug-likeness (QED) is 0.660. The van der Waals surface area contributed by atoms with E-state index in [1.54, 1.807) is 30.9 Å². The number of hydrogen-bond acceptors (Lipinski definition) is 4. The zero-order valence-electron chi connectivity index (χ0n) is 11.0. The summed E-state index contributed by atoms with van der Waals surface area (Å²) in [4.78, 5) is 24.5. The maximum absolute atomic E-state index is 12.3. The van der Waals surface area contributed by atoms with Gasteiger partial charge >= 0.3 is 0 Å². The summed E-state index contributed by atoms with van der Waals surface area (Å²) in [6.07, 6.45) is 0.518. The number of anilines is 1. The van der Waals surface area contributed by atoms with Gasteiger partial charge in [0.25, 0.3) is 5.69 Å². The van der Waals surface area contributed by atoms with Crippen molar-refractivity contribution in [2.24, 2.45) is 11.7 Å². The third kappa shape index (κ3) is 2.31. The highest BCUT2D eigenvalue weighted by atomic mass is 16.6. The van der Waals surface area contributed by atoms with Crippen molar-refractivity contribution in [1.82, 2.24) is 0 Å². The molecule has 0 bridgehead atoms. The SMILES string of the molecule is CC(N)C(C)C(=O)N1CCc2c1cccc2[N+](=O)[O-]. The lowest BCUT2D eigenvalue weighted by molar-refractivity contribution is -0.385. The molecular weight excluding hydrogens is 246 g/mol. The van der Waals surface area contributed by atoms with Crippen LogP contribution in [-0.4, -0.2) is 23.4 Å². The van der Waals surface area contributed by atoms with Crippen LogP contribution >= 0.6 is 0 Å². The van der Waals surface area contributed by atoms with Gasteiger partial charge in [0.1, 0.15) is 0 Å². The molecular formula is C13H17N3O3. The van der Waals surface area contributed by atoms with E-state index in [0.29, 0.717) is 24.2 Å². The van der Waals surface area contributed by atoms with Crippen LogP contribution in [0.25, 0.3) is 0 Å². The van der Waals surface area contributed by atoms with Crippen molar-refractivity contribution in [1.29, 1.82) is 0 Å². The summed E-state index contributed by atoms with van der Waals surface area (Å²) in [6, 6.07) is 4.59. The highest BCUT2D eigenvalue weighted by Crippen LogP contribution is 2.35. The summed E-state index contributed by atoms with van der Waals surface area (Å²) < 4.78 is 0. The standard InChI is InChI=1S/C13H17N3O3/c1-8(9(2)14)13(17)15-7-6-10-11(15)4-3-5-12(10)16(18)19/h3-5,8-9H,6-7,14H2,1-2H3. The average Bonchev–Trinajstić information content (AvgIpc) is 2.80. The Bertz CT molecular complexity index is 528. The summed E-state index contributed by atoms with van der Waals surface area (Å²) >= 11 is 0. The molecule has 1 heterocycles. The maximum atomic E-state index is 12.3. The number of rotatable bonds is 3. The van der Waals surface area contributed by atoms with Crippen LogP contribution in [0.4, 0.5) is 11.4 Å². The van der Waals surface area contributed by atoms with Crippen molar-refractivity contribution in [3.8, 4) is 0 Å². The zero-order chi connectivity index (χ0) is 14.2. The van der Waals surface area contributed by atoms with Gasteiger partial charge in [0.15, 0.2) is 0 Å². The lowest BCUT2D eigenvalue weighted by atomic mass is 10.0. The molecule has 0 saturated heterocycles. The number of carbonyl (C=O) groups excluding carboxylic acids is 1. The average molecular weight is 263 g/mol. The molecule has 0 aromatic heterocycles. The Hall–Kier alpha value is -1.95. The van der Waals surface area contributed by atoms with Crippen molar-refractivity contribution in [3.63, 3.8) is 0 Å². The first-order valence-corrected chi connectivity index (χ1v) is 6.26. The number of benzene rings is 1. The summed E-state index contributed by atoms with van der Waals surface area (Å²) in [6.45, 7) is 4.05. The Morgan fingerprint density at radius 2 is 2.16 bits per heavy atom. The highest BCUT2D eigenvalue weighted by molar-refractivity contribution is 5.97. The van der Waals surface area contributed by atoms with Crippen LogP contribution in [0.5, 0.6) is 0 Å². The number of carbonyl (C=O) groups is 1. The number of nitrogens with two attached hydrogens (primary N) is 1. The molecule has 2 unspecified atom stereocenters. The molecule has 2 N–H and O–H groups in total. The van der Waals surface area contributed by atoms with E-state index in [2.05, 4.69) is 0 Å². The van der Waals surface area contributed by atoms with Crippen LogP contribution in [0.3, 0.4) is 0 Å². The molecule has 19 heavy (non-hydrogen) atoms. The van der Waals surface area contributed by atoms with Crippen molar-refractivity contribution >= 4 is 17.3 Å². The van der Waals surface area contributed by atoms with E-state index in [0.717, 1.165) is 0 Å². The van der Waals surface area contributed by atoms with E-state index in [9.17, 15) is 14.9 Å². The van der Waals surface area contributed by atoms with Gasteiger partial charge in [-0.05, 0) is 19.4 Å².